The van der Waals surface area contributed by atoms with Crippen LogP contribution in [-0.2, 0) is 60.8 Å². The number of nitrogens with zero attached hydrogens (tertiary/aromatic N) is 3. The molecular weight excluding hydrogens is 558 g/mol. The predicted octanol–water partition coefficient (Wildman–Crippen LogP) is 1.36. The molecular formula is C27H29N3O12. The van der Waals surface area contributed by atoms with Gasteiger partial charge in [0.2, 0.25) is 0 Å². The van der Waals surface area contributed by atoms with Crippen molar-refractivity contribution in [1.29, 1.82) is 0 Å². The predicted molar refractivity (Wildman–Crippen MR) is 138 cm³/mol. The first-order valence-corrected chi connectivity index (χ1v) is 12.8. The molecule has 15 heteroatoms. The normalized spacial score (nSPS) is 21.9. The highest BCUT2D eigenvalue weighted by atomic mass is 16.7. The Morgan fingerprint density at radius 2 is 1.55 bits per heavy atom. The maximum Gasteiger partial charge on any atom is 0.336 e. The summed E-state index contributed by atoms with van der Waals surface area (Å²) in [4.78, 5) is 59.4. The highest BCUT2D eigenvalue weighted by Crippen LogP contribution is 2.34. The average molecular weight is 588 g/mol. The number of para-hydroxylation sites is 1. The fourth-order valence-corrected chi connectivity index (χ4v) is 4.49. The molecule has 0 aliphatic carbocycles. The lowest BCUT2D eigenvalue weighted by Gasteiger charge is -2.44. The van der Waals surface area contributed by atoms with Gasteiger partial charge in [0.15, 0.2) is 24.5 Å². The van der Waals surface area contributed by atoms with E-state index in [9.17, 15) is 24.0 Å². The van der Waals surface area contributed by atoms with Crippen molar-refractivity contribution in [2.24, 2.45) is 0 Å². The van der Waals surface area contributed by atoms with Crippen LogP contribution < -0.4 is 5.63 Å². The van der Waals surface area contributed by atoms with Crippen molar-refractivity contribution < 1.29 is 52.0 Å². The quantitative estimate of drug-likeness (QED) is 0.188. The number of esters is 4. The van der Waals surface area contributed by atoms with Crippen molar-refractivity contribution in [3.8, 4) is 0 Å². The van der Waals surface area contributed by atoms with Crippen molar-refractivity contribution >= 4 is 34.8 Å². The second-order valence-corrected chi connectivity index (χ2v) is 9.36. The lowest BCUT2D eigenvalue weighted by molar-refractivity contribution is -0.270. The van der Waals surface area contributed by atoms with E-state index in [2.05, 4.69) is 10.3 Å². The molecule has 3 aromatic rings. The summed E-state index contributed by atoms with van der Waals surface area (Å²) in [5.41, 5.74) is 0.879. The van der Waals surface area contributed by atoms with Gasteiger partial charge in [0.25, 0.3) is 0 Å². The zero-order valence-corrected chi connectivity index (χ0v) is 23.2. The second-order valence-electron chi connectivity index (χ2n) is 9.36. The van der Waals surface area contributed by atoms with Crippen molar-refractivity contribution in [3.05, 3.63) is 58.2 Å². The van der Waals surface area contributed by atoms with Crippen LogP contribution in [0.5, 0.6) is 0 Å². The van der Waals surface area contributed by atoms with E-state index in [1.54, 1.807) is 18.2 Å². The Morgan fingerprint density at radius 3 is 2.24 bits per heavy atom. The van der Waals surface area contributed by atoms with E-state index in [0.29, 0.717) is 16.8 Å². The van der Waals surface area contributed by atoms with Crippen molar-refractivity contribution in [1.82, 2.24) is 15.0 Å². The minimum Gasteiger partial charge on any atom is -0.463 e. The Kier molecular flexibility index (Phi) is 9.64. The Labute approximate surface area is 238 Å². The minimum absolute atomic E-state index is 0.0279. The summed E-state index contributed by atoms with van der Waals surface area (Å²) >= 11 is 0. The third kappa shape index (κ3) is 7.55. The number of aromatic nitrogens is 3. The van der Waals surface area contributed by atoms with E-state index in [4.69, 9.17) is 32.8 Å². The highest BCUT2D eigenvalue weighted by Gasteiger charge is 2.53. The Hall–Kier alpha value is -4.63. The van der Waals surface area contributed by atoms with Crippen LogP contribution >= 0.6 is 0 Å². The molecule has 0 radical (unpaired) electrons. The topological polar surface area (TPSA) is 185 Å². The van der Waals surface area contributed by atoms with Crippen molar-refractivity contribution in [3.63, 3.8) is 0 Å². The lowest BCUT2D eigenvalue weighted by Crippen LogP contribution is -2.60. The van der Waals surface area contributed by atoms with Gasteiger partial charge >= 0.3 is 29.5 Å². The zero-order valence-electron chi connectivity index (χ0n) is 23.2. The van der Waals surface area contributed by atoms with E-state index >= 15 is 0 Å². The van der Waals surface area contributed by atoms with Crippen molar-refractivity contribution in [2.45, 2.75) is 71.6 Å². The average Bonchev–Trinajstić information content (AvgIpc) is 3.37. The molecule has 0 bridgehead atoms. The first kappa shape index (κ1) is 30.3. The molecule has 1 fully saturated rings. The zero-order chi connectivity index (χ0) is 30.4. The molecule has 0 N–H and O–H groups in total. The van der Waals surface area contributed by atoms with E-state index < -0.39 is 60.1 Å². The van der Waals surface area contributed by atoms with Crippen LogP contribution in [0.25, 0.3) is 11.0 Å². The Bertz CT molecular complexity index is 1520. The van der Waals surface area contributed by atoms with E-state index in [0.717, 1.165) is 26.2 Å². The number of rotatable bonds is 10. The number of hydrogen-bond acceptors (Lipinski definition) is 14. The molecule has 0 amide bonds. The monoisotopic (exact) mass is 587 g/mol. The molecule has 1 aliphatic heterocycles. The Morgan fingerprint density at radius 1 is 0.881 bits per heavy atom. The lowest BCUT2D eigenvalue weighted by atomic mass is 9.97. The van der Waals surface area contributed by atoms with Gasteiger partial charge in [0.05, 0.1) is 19.4 Å². The summed E-state index contributed by atoms with van der Waals surface area (Å²) in [6.45, 7) is 4.25. The fourth-order valence-electron chi connectivity index (χ4n) is 4.49. The van der Waals surface area contributed by atoms with Gasteiger partial charge in [-0.2, -0.15) is 0 Å². The highest BCUT2D eigenvalue weighted by molar-refractivity contribution is 5.79. The van der Waals surface area contributed by atoms with Gasteiger partial charge in [-0.25, -0.2) is 9.48 Å². The van der Waals surface area contributed by atoms with Crippen LogP contribution in [0.1, 0.15) is 45.2 Å². The van der Waals surface area contributed by atoms with Crippen LogP contribution in [0.3, 0.4) is 0 Å². The summed E-state index contributed by atoms with van der Waals surface area (Å²) in [5.74, 6) is -2.87. The largest absolute Gasteiger partial charge is 0.463 e. The van der Waals surface area contributed by atoms with Crippen LogP contribution in [0.4, 0.5) is 0 Å². The third-order valence-corrected chi connectivity index (χ3v) is 6.03. The summed E-state index contributed by atoms with van der Waals surface area (Å²) in [7, 11) is 0. The molecule has 4 rings (SSSR count). The summed E-state index contributed by atoms with van der Waals surface area (Å²) < 4.78 is 39.6. The number of benzene rings is 1. The molecule has 15 nitrogen and oxygen atoms in total. The molecule has 224 valence electrons. The maximum atomic E-state index is 12.1. The van der Waals surface area contributed by atoms with Gasteiger partial charge < -0.3 is 32.8 Å². The van der Waals surface area contributed by atoms with Crippen LogP contribution in [0, 0.1) is 0 Å². The van der Waals surface area contributed by atoms with Gasteiger partial charge in [0.1, 0.15) is 24.0 Å². The smallest absolute Gasteiger partial charge is 0.336 e. The number of carbonyl (C=O) groups excluding carboxylic acids is 4. The SMILES string of the molecule is CC(=O)OCC1OC(n2cc(COCc3cc(=O)oc4ccccc34)nn2)C(OC(C)=O)C(OC(C)=O)C1OC(C)=O. The molecule has 42 heavy (non-hydrogen) atoms. The molecule has 0 spiro atoms. The van der Waals surface area contributed by atoms with Gasteiger partial charge in [0, 0.05) is 39.1 Å². The van der Waals surface area contributed by atoms with Gasteiger partial charge in [-0.15, -0.1) is 5.10 Å². The summed E-state index contributed by atoms with van der Waals surface area (Å²) in [6, 6.07) is 8.39. The van der Waals surface area contributed by atoms with E-state index in [-0.39, 0.29) is 19.8 Å². The standard InChI is InChI=1S/C27H29N3O12/c1-14(31)37-13-22-24(38-15(2)32)25(39-16(3)33)26(40-17(4)34)27(42-22)30-10-19(28-29-30)12-36-11-18-9-23(35)41-21-8-6-5-7-20(18)21/h5-10,22,24-27H,11-13H2,1-4H3. The number of carbonyl (C=O) groups is 4. The Balaban J connectivity index is 1.58. The van der Waals surface area contributed by atoms with Gasteiger partial charge in [-0.3, -0.25) is 19.2 Å². The molecule has 1 saturated heterocycles. The van der Waals surface area contributed by atoms with E-state index in [1.807, 2.05) is 6.07 Å². The molecule has 2 aromatic heterocycles. The van der Waals surface area contributed by atoms with Crippen LogP contribution in [0.15, 0.2) is 45.7 Å². The maximum absolute atomic E-state index is 12.1. The second kappa shape index (κ2) is 13.4. The minimum atomic E-state index is -1.35. The number of fused-ring (bicyclic) bond motifs is 1. The summed E-state index contributed by atoms with van der Waals surface area (Å²) in [5, 5.41) is 8.86. The summed E-state index contributed by atoms with van der Waals surface area (Å²) in [6.07, 6.45) is -4.91. The fraction of sp³-hybridized carbons (Fsp3) is 0.444. The molecule has 5 atom stereocenters. The molecule has 5 unspecified atom stereocenters. The van der Waals surface area contributed by atoms with E-state index in [1.165, 1.54) is 23.9 Å². The van der Waals surface area contributed by atoms with Crippen molar-refractivity contribution in [2.75, 3.05) is 6.61 Å². The van der Waals surface area contributed by atoms with Gasteiger partial charge in [-0.1, -0.05) is 23.4 Å². The molecule has 1 aliphatic rings. The van der Waals surface area contributed by atoms with Crippen LogP contribution in [0.2, 0.25) is 0 Å². The third-order valence-electron chi connectivity index (χ3n) is 6.03. The number of hydrogen-bond donors (Lipinski definition) is 0. The first-order chi connectivity index (χ1) is 20.0. The first-order valence-electron chi connectivity index (χ1n) is 12.8. The van der Waals surface area contributed by atoms with Crippen LogP contribution in [-0.4, -0.2) is 69.9 Å². The number of ether oxygens (including phenoxy) is 6. The van der Waals surface area contributed by atoms with Gasteiger partial charge in [-0.05, 0) is 11.6 Å². The molecule has 3 heterocycles. The molecule has 0 saturated carbocycles. The molecule has 1 aromatic carbocycles.